The summed E-state index contributed by atoms with van der Waals surface area (Å²) in [5.74, 6) is -0.200. The van der Waals surface area contributed by atoms with E-state index in [1.165, 1.54) is 0 Å². The number of ether oxygens (including phenoxy) is 1. The Bertz CT molecular complexity index is 590. The van der Waals surface area contributed by atoms with Crippen molar-refractivity contribution in [2.75, 3.05) is 20.2 Å². The highest BCUT2D eigenvalue weighted by Gasteiger charge is 2.39. The van der Waals surface area contributed by atoms with E-state index in [0.29, 0.717) is 25.1 Å². The van der Waals surface area contributed by atoms with Crippen molar-refractivity contribution < 1.29 is 19.4 Å². The fourth-order valence-corrected chi connectivity index (χ4v) is 3.10. The quantitative estimate of drug-likeness (QED) is 0.885. The molecule has 0 saturated carbocycles. The van der Waals surface area contributed by atoms with Crippen LogP contribution in [0.25, 0.3) is 0 Å². The SMILES string of the molecule is COc1ccc(Br)c(CC(=O)N2CCCC(C)(C(=O)O)C2)c1. The number of rotatable bonds is 4. The van der Waals surface area contributed by atoms with Crippen LogP contribution < -0.4 is 4.74 Å². The van der Waals surface area contributed by atoms with Gasteiger partial charge in [0.25, 0.3) is 0 Å². The third-order valence-electron chi connectivity index (χ3n) is 4.16. The molecule has 1 amide bonds. The first-order valence-electron chi connectivity index (χ1n) is 7.19. The summed E-state index contributed by atoms with van der Waals surface area (Å²) in [7, 11) is 1.58. The zero-order valence-electron chi connectivity index (χ0n) is 12.8. The van der Waals surface area contributed by atoms with Crippen LogP contribution in [0.4, 0.5) is 0 Å². The molecule has 1 saturated heterocycles. The van der Waals surface area contributed by atoms with Crippen LogP contribution in [0.15, 0.2) is 22.7 Å². The van der Waals surface area contributed by atoms with Gasteiger partial charge in [0.1, 0.15) is 5.75 Å². The van der Waals surface area contributed by atoms with Crippen molar-refractivity contribution in [1.82, 2.24) is 4.90 Å². The maximum absolute atomic E-state index is 12.5. The van der Waals surface area contributed by atoms with Crippen molar-refractivity contribution in [2.24, 2.45) is 5.41 Å². The van der Waals surface area contributed by atoms with Crippen LogP contribution in [-0.2, 0) is 16.0 Å². The van der Waals surface area contributed by atoms with Gasteiger partial charge in [-0.1, -0.05) is 15.9 Å². The molecule has 0 spiro atoms. The van der Waals surface area contributed by atoms with Gasteiger partial charge in [0, 0.05) is 17.6 Å². The molecule has 1 unspecified atom stereocenters. The van der Waals surface area contributed by atoms with Gasteiger partial charge in [-0.2, -0.15) is 0 Å². The standard InChI is InChI=1S/C16H20BrNO4/c1-16(15(20)21)6-3-7-18(10-16)14(19)9-11-8-12(22-2)4-5-13(11)17/h4-5,8H,3,6-7,9-10H2,1-2H3,(H,20,21). The molecular weight excluding hydrogens is 350 g/mol. The molecule has 1 aliphatic rings. The normalized spacial score (nSPS) is 21.5. The summed E-state index contributed by atoms with van der Waals surface area (Å²) in [5, 5.41) is 9.34. The zero-order valence-corrected chi connectivity index (χ0v) is 14.4. The van der Waals surface area contributed by atoms with Crippen LogP contribution in [0, 0.1) is 5.41 Å². The van der Waals surface area contributed by atoms with Gasteiger partial charge in [-0.25, -0.2) is 0 Å². The number of hydrogen-bond acceptors (Lipinski definition) is 3. The number of benzene rings is 1. The number of halogens is 1. The predicted molar refractivity (Wildman–Crippen MR) is 86.0 cm³/mol. The molecule has 0 aliphatic carbocycles. The highest BCUT2D eigenvalue weighted by atomic mass is 79.9. The first-order chi connectivity index (χ1) is 10.4. The molecule has 5 nitrogen and oxygen atoms in total. The molecule has 120 valence electrons. The summed E-state index contributed by atoms with van der Waals surface area (Å²) < 4.78 is 6.02. The molecule has 22 heavy (non-hydrogen) atoms. The molecule has 0 bridgehead atoms. The molecule has 1 heterocycles. The predicted octanol–water partition coefficient (Wildman–Crippen LogP) is 2.71. The summed E-state index contributed by atoms with van der Waals surface area (Å²) in [6.07, 6.45) is 1.55. The first kappa shape index (κ1) is 16.8. The fourth-order valence-electron chi connectivity index (χ4n) is 2.72. The number of aliphatic carboxylic acids is 1. The monoisotopic (exact) mass is 369 g/mol. The molecule has 1 atom stereocenters. The third-order valence-corrected chi connectivity index (χ3v) is 4.93. The summed E-state index contributed by atoms with van der Waals surface area (Å²) in [5.41, 5.74) is -0.00793. The van der Waals surface area contributed by atoms with Crippen molar-refractivity contribution in [2.45, 2.75) is 26.2 Å². The van der Waals surface area contributed by atoms with Gasteiger partial charge in [-0.15, -0.1) is 0 Å². The van der Waals surface area contributed by atoms with Gasteiger partial charge in [-0.05, 0) is 43.5 Å². The lowest BCUT2D eigenvalue weighted by molar-refractivity contribution is -0.153. The Balaban J connectivity index is 2.11. The molecule has 1 fully saturated rings. The molecule has 1 N–H and O–H groups in total. The Morgan fingerprint density at radius 1 is 1.45 bits per heavy atom. The van der Waals surface area contributed by atoms with E-state index < -0.39 is 11.4 Å². The van der Waals surface area contributed by atoms with Gasteiger partial charge in [0.05, 0.1) is 18.9 Å². The number of nitrogens with zero attached hydrogens (tertiary/aromatic N) is 1. The number of hydrogen-bond donors (Lipinski definition) is 1. The topological polar surface area (TPSA) is 66.8 Å². The number of carbonyl (C=O) groups is 2. The van der Waals surface area contributed by atoms with Crippen LogP contribution in [-0.4, -0.2) is 42.1 Å². The van der Waals surface area contributed by atoms with Crippen molar-refractivity contribution >= 4 is 27.8 Å². The van der Waals surface area contributed by atoms with Gasteiger partial charge in [0.15, 0.2) is 0 Å². The van der Waals surface area contributed by atoms with E-state index in [2.05, 4.69) is 15.9 Å². The summed E-state index contributed by atoms with van der Waals surface area (Å²) in [6, 6.07) is 5.49. The molecule has 0 radical (unpaired) electrons. The second-order valence-corrected chi connectivity index (χ2v) is 6.77. The molecule has 1 aromatic rings. The van der Waals surface area contributed by atoms with E-state index in [9.17, 15) is 14.7 Å². The lowest BCUT2D eigenvalue weighted by Gasteiger charge is -2.37. The average molecular weight is 370 g/mol. The number of carboxylic acids is 1. The number of carbonyl (C=O) groups excluding carboxylic acids is 1. The molecule has 6 heteroatoms. The van der Waals surface area contributed by atoms with Crippen LogP contribution >= 0.6 is 15.9 Å². The minimum atomic E-state index is -0.848. The van der Waals surface area contributed by atoms with Crippen LogP contribution in [0.2, 0.25) is 0 Å². The van der Waals surface area contributed by atoms with E-state index in [1.54, 1.807) is 18.9 Å². The van der Waals surface area contributed by atoms with Crippen LogP contribution in [0.5, 0.6) is 5.75 Å². The number of methoxy groups -OCH3 is 1. The fraction of sp³-hybridized carbons (Fsp3) is 0.500. The number of piperidine rings is 1. The third kappa shape index (κ3) is 3.61. The van der Waals surface area contributed by atoms with Crippen molar-refractivity contribution in [3.63, 3.8) is 0 Å². The Morgan fingerprint density at radius 2 is 2.18 bits per heavy atom. The van der Waals surface area contributed by atoms with E-state index in [4.69, 9.17) is 4.74 Å². The lowest BCUT2D eigenvalue weighted by Crippen LogP contribution is -2.48. The number of amides is 1. The van der Waals surface area contributed by atoms with Gasteiger partial charge < -0.3 is 14.7 Å². The van der Waals surface area contributed by atoms with Crippen LogP contribution in [0.3, 0.4) is 0 Å². The van der Waals surface area contributed by atoms with Crippen molar-refractivity contribution in [3.8, 4) is 5.75 Å². The Kier molecular flexibility index (Phi) is 5.11. The number of carboxylic acid groups (broad SMARTS) is 1. The minimum absolute atomic E-state index is 0.0545. The van der Waals surface area contributed by atoms with Crippen LogP contribution in [0.1, 0.15) is 25.3 Å². The largest absolute Gasteiger partial charge is 0.497 e. The summed E-state index contributed by atoms with van der Waals surface area (Å²) in [6.45, 7) is 2.59. The highest BCUT2D eigenvalue weighted by Crippen LogP contribution is 2.30. The molecule has 1 aliphatic heterocycles. The first-order valence-corrected chi connectivity index (χ1v) is 7.98. The summed E-state index contributed by atoms with van der Waals surface area (Å²) >= 11 is 3.44. The highest BCUT2D eigenvalue weighted by molar-refractivity contribution is 9.10. The Hall–Kier alpha value is -1.56. The molecule has 0 aromatic heterocycles. The molecular formula is C16H20BrNO4. The maximum atomic E-state index is 12.5. The summed E-state index contributed by atoms with van der Waals surface area (Å²) in [4.78, 5) is 25.5. The molecule has 2 rings (SSSR count). The maximum Gasteiger partial charge on any atom is 0.311 e. The number of likely N-dealkylation sites (tertiary alicyclic amines) is 1. The van der Waals surface area contributed by atoms with E-state index in [1.807, 2.05) is 18.2 Å². The Morgan fingerprint density at radius 3 is 2.82 bits per heavy atom. The second kappa shape index (κ2) is 6.69. The van der Waals surface area contributed by atoms with E-state index in [0.717, 1.165) is 10.0 Å². The second-order valence-electron chi connectivity index (χ2n) is 5.92. The van der Waals surface area contributed by atoms with Gasteiger partial charge in [-0.3, -0.25) is 9.59 Å². The van der Waals surface area contributed by atoms with Crippen molar-refractivity contribution in [1.29, 1.82) is 0 Å². The van der Waals surface area contributed by atoms with E-state index in [-0.39, 0.29) is 18.9 Å². The minimum Gasteiger partial charge on any atom is -0.497 e. The Labute approximate surface area is 138 Å². The lowest BCUT2D eigenvalue weighted by atomic mass is 9.82. The van der Waals surface area contributed by atoms with Gasteiger partial charge >= 0.3 is 5.97 Å². The molecule has 1 aromatic carbocycles. The average Bonchev–Trinajstić information content (AvgIpc) is 2.49. The van der Waals surface area contributed by atoms with E-state index >= 15 is 0 Å². The van der Waals surface area contributed by atoms with Crippen molar-refractivity contribution in [3.05, 3.63) is 28.2 Å². The zero-order chi connectivity index (χ0) is 16.3. The smallest absolute Gasteiger partial charge is 0.311 e. The van der Waals surface area contributed by atoms with Gasteiger partial charge in [0.2, 0.25) is 5.91 Å².